The number of hydrogen-bond acceptors (Lipinski definition) is 3. The second-order valence-corrected chi connectivity index (χ2v) is 4.58. The highest BCUT2D eigenvalue weighted by Crippen LogP contribution is 2.12. The van der Waals surface area contributed by atoms with Crippen LogP contribution in [0.4, 0.5) is 0 Å². The average molecular weight is 239 g/mol. The highest BCUT2D eigenvalue weighted by Gasteiger charge is 2.08. The SMILES string of the molecule is O=S(c1ccccc1)c1ncc(Cl)cn1. The lowest BCUT2D eigenvalue weighted by Gasteiger charge is -1.99. The summed E-state index contributed by atoms with van der Waals surface area (Å²) in [6, 6.07) is 9.05. The monoisotopic (exact) mass is 238 g/mol. The molecule has 76 valence electrons. The molecule has 0 aliphatic carbocycles. The van der Waals surface area contributed by atoms with Crippen LogP contribution in [0.2, 0.25) is 5.02 Å². The van der Waals surface area contributed by atoms with E-state index in [2.05, 4.69) is 9.97 Å². The predicted molar refractivity (Wildman–Crippen MR) is 58.2 cm³/mol. The van der Waals surface area contributed by atoms with Crippen molar-refractivity contribution in [3.8, 4) is 0 Å². The van der Waals surface area contributed by atoms with Gasteiger partial charge in [-0.25, -0.2) is 14.2 Å². The molecule has 1 heterocycles. The highest BCUT2D eigenvalue weighted by molar-refractivity contribution is 7.84. The first-order valence-corrected chi connectivity index (χ1v) is 5.74. The predicted octanol–water partition coefficient (Wildman–Crippen LogP) is 2.30. The zero-order valence-electron chi connectivity index (χ0n) is 7.63. The molecule has 1 unspecified atom stereocenters. The highest BCUT2D eigenvalue weighted by atomic mass is 35.5. The van der Waals surface area contributed by atoms with Gasteiger partial charge in [0, 0.05) is 4.90 Å². The molecule has 0 amide bonds. The number of rotatable bonds is 2. The van der Waals surface area contributed by atoms with E-state index in [9.17, 15) is 4.21 Å². The maximum Gasteiger partial charge on any atom is 0.223 e. The van der Waals surface area contributed by atoms with Crippen molar-refractivity contribution < 1.29 is 4.21 Å². The van der Waals surface area contributed by atoms with E-state index in [1.54, 1.807) is 12.1 Å². The van der Waals surface area contributed by atoms with Gasteiger partial charge in [0.2, 0.25) is 5.16 Å². The fourth-order valence-electron chi connectivity index (χ4n) is 1.05. The summed E-state index contributed by atoms with van der Waals surface area (Å²) in [6.07, 6.45) is 2.87. The molecular weight excluding hydrogens is 232 g/mol. The molecule has 15 heavy (non-hydrogen) atoms. The van der Waals surface area contributed by atoms with Gasteiger partial charge < -0.3 is 0 Å². The maximum atomic E-state index is 11.9. The zero-order valence-corrected chi connectivity index (χ0v) is 9.20. The van der Waals surface area contributed by atoms with Gasteiger partial charge in [-0.2, -0.15) is 0 Å². The largest absolute Gasteiger partial charge is 0.246 e. The van der Waals surface area contributed by atoms with Crippen molar-refractivity contribution in [3.63, 3.8) is 0 Å². The van der Waals surface area contributed by atoms with Gasteiger partial charge in [0.25, 0.3) is 0 Å². The Bertz CT molecular complexity index is 473. The molecule has 0 aliphatic rings. The second kappa shape index (κ2) is 4.51. The summed E-state index contributed by atoms with van der Waals surface area (Å²) >= 11 is 5.64. The standard InChI is InChI=1S/C10H7ClN2OS/c11-8-6-12-10(13-7-8)15(14)9-4-2-1-3-5-9/h1-7H. The third kappa shape index (κ3) is 2.40. The molecule has 0 aliphatic heterocycles. The third-order valence-electron chi connectivity index (χ3n) is 1.72. The lowest BCUT2D eigenvalue weighted by atomic mass is 10.4. The van der Waals surface area contributed by atoms with E-state index < -0.39 is 10.8 Å². The van der Waals surface area contributed by atoms with Crippen molar-refractivity contribution in [2.24, 2.45) is 0 Å². The minimum Gasteiger partial charge on any atom is -0.246 e. The van der Waals surface area contributed by atoms with E-state index in [0.717, 1.165) is 0 Å². The van der Waals surface area contributed by atoms with Crippen molar-refractivity contribution in [2.75, 3.05) is 0 Å². The van der Waals surface area contributed by atoms with Crippen LogP contribution >= 0.6 is 11.6 Å². The van der Waals surface area contributed by atoms with Crippen molar-refractivity contribution in [2.45, 2.75) is 10.1 Å². The molecule has 0 bridgehead atoms. The van der Waals surface area contributed by atoms with Crippen molar-refractivity contribution in [1.82, 2.24) is 9.97 Å². The fourth-order valence-corrected chi connectivity index (χ4v) is 2.06. The van der Waals surface area contributed by atoms with Crippen LogP contribution in [0.15, 0.2) is 52.8 Å². The van der Waals surface area contributed by atoms with Gasteiger partial charge in [-0.1, -0.05) is 29.8 Å². The normalized spacial score (nSPS) is 12.3. The van der Waals surface area contributed by atoms with Crippen molar-refractivity contribution in [3.05, 3.63) is 47.7 Å². The Hall–Kier alpha value is -1.26. The summed E-state index contributed by atoms with van der Waals surface area (Å²) in [5, 5.41) is 0.703. The van der Waals surface area contributed by atoms with Crippen molar-refractivity contribution in [1.29, 1.82) is 0 Å². The minimum atomic E-state index is -1.34. The lowest BCUT2D eigenvalue weighted by Crippen LogP contribution is -1.98. The fraction of sp³-hybridized carbons (Fsp3) is 0. The summed E-state index contributed by atoms with van der Waals surface area (Å²) < 4.78 is 11.9. The number of aromatic nitrogens is 2. The van der Waals surface area contributed by atoms with Crippen LogP contribution in [0, 0.1) is 0 Å². The molecule has 1 atom stereocenters. The summed E-state index contributed by atoms with van der Waals surface area (Å²) in [7, 11) is -1.34. The summed E-state index contributed by atoms with van der Waals surface area (Å²) in [5.41, 5.74) is 0. The van der Waals surface area contributed by atoms with E-state index in [4.69, 9.17) is 11.6 Å². The Kier molecular flexibility index (Phi) is 3.08. The summed E-state index contributed by atoms with van der Waals surface area (Å²) in [4.78, 5) is 8.50. The molecule has 0 fully saturated rings. The van der Waals surface area contributed by atoms with Gasteiger partial charge in [-0.05, 0) is 12.1 Å². The quantitative estimate of drug-likeness (QED) is 0.754. The maximum absolute atomic E-state index is 11.9. The molecule has 0 saturated heterocycles. The van der Waals surface area contributed by atoms with Gasteiger partial charge in [0.15, 0.2) is 0 Å². The Balaban J connectivity index is 2.33. The molecule has 2 aromatic rings. The minimum absolute atomic E-state index is 0.269. The van der Waals surface area contributed by atoms with Crippen molar-refractivity contribution >= 4 is 22.4 Å². The van der Waals surface area contributed by atoms with Gasteiger partial charge in [0.05, 0.1) is 17.4 Å². The number of benzene rings is 1. The number of hydrogen-bond donors (Lipinski definition) is 0. The molecule has 1 aromatic heterocycles. The molecule has 3 nitrogen and oxygen atoms in total. The van der Waals surface area contributed by atoms with Gasteiger partial charge >= 0.3 is 0 Å². The van der Waals surface area contributed by atoms with Gasteiger partial charge in [-0.15, -0.1) is 0 Å². The molecule has 0 N–H and O–H groups in total. The molecule has 0 radical (unpaired) electrons. The van der Waals surface area contributed by atoms with E-state index in [0.29, 0.717) is 9.92 Å². The first-order valence-electron chi connectivity index (χ1n) is 4.22. The Labute approximate surface area is 94.6 Å². The van der Waals surface area contributed by atoms with E-state index >= 15 is 0 Å². The van der Waals surface area contributed by atoms with Gasteiger partial charge in [-0.3, -0.25) is 0 Å². The van der Waals surface area contributed by atoms with E-state index in [1.807, 2.05) is 18.2 Å². The van der Waals surface area contributed by atoms with Crippen LogP contribution in [0.5, 0.6) is 0 Å². The zero-order chi connectivity index (χ0) is 10.7. The Morgan fingerprint density at radius 1 is 1.07 bits per heavy atom. The smallest absolute Gasteiger partial charge is 0.223 e. The number of nitrogens with zero attached hydrogens (tertiary/aromatic N) is 2. The second-order valence-electron chi connectivity index (χ2n) is 2.77. The summed E-state index contributed by atoms with van der Waals surface area (Å²) in [6.45, 7) is 0. The molecule has 1 aromatic carbocycles. The van der Waals surface area contributed by atoms with Crippen LogP contribution < -0.4 is 0 Å². The Morgan fingerprint density at radius 3 is 2.27 bits per heavy atom. The van der Waals surface area contributed by atoms with Crippen LogP contribution in [0.3, 0.4) is 0 Å². The average Bonchev–Trinajstić information content (AvgIpc) is 2.30. The first kappa shape index (κ1) is 10.3. The van der Waals surface area contributed by atoms with Crippen LogP contribution in [-0.4, -0.2) is 14.2 Å². The molecule has 0 saturated carbocycles. The lowest BCUT2D eigenvalue weighted by molar-refractivity contribution is 0.675. The first-order chi connectivity index (χ1) is 7.27. The molecular formula is C10H7ClN2OS. The van der Waals surface area contributed by atoms with Crippen LogP contribution in [0.1, 0.15) is 0 Å². The van der Waals surface area contributed by atoms with Gasteiger partial charge in [0.1, 0.15) is 10.8 Å². The topological polar surface area (TPSA) is 42.9 Å². The van der Waals surface area contributed by atoms with E-state index in [-0.39, 0.29) is 5.16 Å². The third-order valence-corrected chi connectivity index (χ3v) is 3.16. The molecule has 5 heteroatoms. The van der Waals surface area contributed by atoms with E-state index in [1.165, 1.54) is 12.4 Å². The summed E-state index contributed by atoms with van der Waals surface area (Å²) in [5.74, 6) is 0. The molecule has 0 spiro atoms. The molecule has 2 rings (SSSR count). The van der Waals surface area contributed by atoms with Crippen LogP contribution in [0.25, 0.3) is 0 Å². The van der Waals surface area contributed by atoms with Crippen LogP contribution in [-0.2, 0) is 10.8 Å². The number of halogens is 1. The Morgan fingerprint density at radius 2 is 1.67 bits per heavy atom.